The molecule has 0 aliphatic carbocycles. The van der Waals surface area contributed by atoms with Gasteiger partial charge < -0.3 is 30.1 Å². The third-order valence-corrected chi connectivity index (χ3v) is 8.22. The first-order chi connectivity index (χ1) is 20.5. The Morgan fingerprint density at radius 3 is 2.19 bits per heavy atom. The van der Waals surface area contributed by atoms with Gasteiger partial charge >= 0.3 is 0 Å². The number of unbranched alkanes of at least 4 members (excludes halogenated alkanes) is 2. The second kappa shape index (κ2) is 17.4. The molecule has 3 N–H and O–H groups in total. The van der Waals surface area contributed by atoms with Gasteiger partial charge in [-0.2, -0.15) is 0 Å². The van der Waals surface area contributed by atoms with Crippen molar-refractivity contribution in [2.75, 3.05) is 26.2 Å². The fraction of sp³-hybridized carbons (Fsp3) is 0.588. The number of nitrogens with zero attached hydrogens (tertiary/aromatic N) is 1. The first kappa shape index (κ1) is 32.1. The molecule has 2 amide bonds. The average molecular weight is 580 g/mol. The quantitative estimate of drug-likeness (QED) is 0.279. The standard InChI is InChI=1S/C34H49N3O5/c1-26(39)35-19-7-5-6-10-33(40)36-23-27-11-17-30(18-12-27)34-41-31(24-37-20-8-3-2-4-9-21-37)22-32(42-34)29-15-13-28(25-38)14-16-29/h11-18,31-32,34,38H,2-10,19-25H2,1H3,(H,35,39)(H,36,40). The molecule has 0 radical (unpaired) electrons. The smallest absolute Gasteiger partial charge is 0.220 e. The largest absolute Gasteiger partial charge is 0.392 e. The molecule has 2 aliphatic heterocycles. The molecule has 42 heavy (non-hydrogen) atoms. The molecule has 0 bridgehead atoms. The number of likely N-dealkylation sites (tertiary alicyclic amines) is 1. The number of ether oxygens (including phenoxy) is 2. The van der Waals surface area contributed by atoms with Gasteiger partial charge in [-0.1, -0.05) is 74.2 Å². The van der Waals surface area contributed by atoms with E-state index in [1.54, 1.807) is 0 Å². The fourth-order valence-corrected chi connectivity index (χ4v) is 5.75. The van der Waals surface area contributed by atoms with Crippen LogP contribution in [0, 0.1) is 0 Å². The van der Waals surface area contributed by atoms with Gasteiger partial charge in [0, 0.05) is 45.0 Å². The number of benzene rings is 2. The topological polar surface area (TPSA) is 100 Å². The Balaban J connectivity index is 1.32. The number of aliphatic hydroxyl groups excluding tert-OH is 1. The van der Waals surface area contributed by atoms with E-state index in [1.165, 1.54) is 39.0 Å². The Kier molecular flexibility index (Phi) is 13.3. The molecule has 3 atom stereocenters. The van der Waals surface area contributed by atoms with Crippen molar-refractivity contribution < 1.29 is 24.2 Å². The lowest BCUT2D eigenvalue weighted by molar-refractivity contribution is -0.253. The van der Waals surface area contributed by atoms with Crippen LogP contribution in [0.15, 0.2) is 48.5 Å². The van der Waals surface area contributed by atoms with Crippen LogP contribution in [0.5, 0.6) is 0 Å². The maximum absolute atomic E-state index is 12.3. The number of amides is 2. The Bertz CT molecular complexity index is 1080. The summed E-state index contributed by atoms with van der Waals surface area (Å²) in [6, 6.07) is 16.2. The number of carbonyl (C=O) groups excluding carboxylic acids is 2. The summed E-state index contributed by atoms with van der Waals surface area (Å²) in [6.45, 7) is 5.84. The zero-order valence-electron chi connectivity index (χ0n) is 25.2. The van der Waals surface area contributed by atoms with E-state index in [2.05, 4.69) is 27.7 Å². The van der Waals surface area contributed by atoms with Gasteiger partial charge in [-0.05, 0) is 55.5 Å². The van der Waals surface area contributed by atoms with Crippen LogP contribution in [-0.2, 0) is 32.2 Å². The zero-order chi connectivity index (χ0) is 29.6. The molecule has 0 spiro atoms. The summed E-state index contributed by atoms with van der Waals surface area (Å²) in [6.07, 6.45) is 9.83. The molecule has 2 heterocycles. The van der Waals surface area contributed by atoms with Crippen LogP contribution >= 0.6 is 0 Å². The molecule has 2 aromatic carbocycles. The second-order valence-electron chi connectivity index (χ2n) is 11.7. The van der Waals surface area contributed by atoms with Gasteiger partial charge in [0.2, 0.25) is 11.8 Å². The molecule has 0 saturated carbocycles. The first-order valence-corrected chi connectivity index (χ1v) is 15.8. The van der Waals surface area contributed by atoms with E-state index >= 15 is 0 Å². The molecule has 8 nitrogen and oxygen atoms in total. The first-order valence-electron chi connectivity index (χ1n) is 15.8. The maximum atomic E-state index is 12.3. The van der Waals surface area contributed by atoms with Gasteiger partial charge in [0.1, 0.15) is 0 Å². The van der Waals surface area contributed by atoms with E-state index in [0.29, 0.717) is 19.5 Å². The Labute approximate surface area is 251 Å². The maximum Gasteiger partial charge on any atom is 0.220 e. The van der Waals surface area contributed by atoms with Gasteiger partial charge in [0.05, 0.1) is 18.8 Å². The minimum atomic E-state index is -0.470. The van der Waals surface area contributed by atoms with Crippen molar-refractivity contribution in [3.05, 3.63) is 70.8 Å². The summed E-state index contributed by atoms with van der Waals surface area (Å²) in [4.78, 5) is 25.8. The summed E-state index contributed by atoms with van der Waals surface area (Å²) in [5.74, 6) is 0.0244. The molecule has 2 saturated heterocycles. The van der Waals surface area contributed by atoms with E-state index in [1.807, 2.05) is 36.4 Å². The van der Waals surface area contributed by atoms with Gasteiger partial charge in [0.25, 0.3) is 0 Å². The zero-order valence-corrected chi connectivity index (χ0v) is 25.2. The molecule has 2 fully saturated rings. The molecule has 0 aromatic heterocycles. The van der Waals surface area contributed by atoms with Crippen molar-refractivity contribution >= 4 is 11.8 Å². The van der Waals surface area contributed by atoms with Crippen LogP contribution < -0.4 is 10.6 Å². The summed E-state index contributed by atoms with van der Waals surface area (Å²) in [5, 5.41) is 15.3. The van der Waals surface area contributed by atoms with E-state index in [4.69, 9.17) is 9.47 Å². The van der Waals surface area contributed by atoms with Crippen LogP contribution in [0.1, 0.15) is 106 Å². The Morgan fingerprint density at radius 2 is 1.50 bits per heavy atom. The third kappa shape index (κ3) is 10.8. The molecule has 8 heteroatoms. The van der Waals surface area contributed by atoms with Crippen LogP contribution in [0.25, 0.3) is 0 Å². The fourth-order valence-electron chi connectivity index (χ4n) is 5.75. The van der Waals surface area contributed by atoms with Crippen molar-refractivity contribution in [1.29, 1.82) is 0 Å². The van der Waals surface area contributed by atoms with Crippen molar-refractivity contribution in [2.24, 2.45) is 0 Å². The molecule has 230 valence electrons. The highest BCUT2D eigenvalue weighted by Crippen LogP contribution is 2.38. The van der Waals surface area contributed by atoms with Crippen LogP contribution in [-0.4, -0.2) is 54.1 Å². The highest BCUT2D eigenvalue weighted by Gasteiger charge is 2.33. The minimum Gasteiger partial charge on any atom is -0.392 e. The van der Waals surface area contributed by atoms with E-state index in [0.717, 1.165) is 67.6 Å². The van der Waals surface area contributed by atoms with E-state index in [-0.39, 0.29) is 30.6 Å². The lowest BCUT2D eigenvalue weighted by Gasteiger charge is -2.38. The number of rotatable bonds is 13. The van der Waals surface area contributed by atoms with Gasteiger partial charge in [0.15, 0.2) is 6.29 Å². The number of carbonyl (C=O) groups is 2. The second-order valence-corrected chi connectivity index (χ2v) is 11.7. The van der Waals surface area contributed by atoms with Crippen molar-refractivity contribution in [3.8, 4) is 0 Å². The van der Waals surface area contributed by atoms with Crippen LogP contribution in [0.3, 0.4) is 0 Å². The van der Waals surface area contributed by atoms with Crippen LogP contribution in [0.4, 0.5) is 0 Å². The number of hydrogen-bond donors (Lipinski definition) is 3. The summed E-state index contributed by atoms with van der Waals surface area (Å²) in [5.41, 5.74) is 4.00. The third-order valence-electron chi connectivity index (χ3n) is 8.22. The lowest BCUT2D eigenvalue weighted by atomic mass is 9.99. The molecular formula is C34H49N3O5. The molecule has 2 aliphatic rings. The van der Waals surface area contributed by atoms with Gasteiger partial charge in [-0.25, -0.2) is 0 Å². The number of hydrogen-bond acceptors (Lipinski definition) is 6. The van der Waals surface area contributed by atoms with Crippen LogP contribution in [0.2, 0.25) is 0 Å². The summed E-state index contributed by atoms with van der Waals surface area (Å²) in [7, 11) is 0. The highest BCUT2D eigenvalue weighted by molar-refractivity contribution is 5.75. The van der Waals surface area contributed by atoms with Crippen molar-refractivity contribution in [1.82, 2.24) is 15.5 Å². The molecule has 2 aromatic rings. The predicted molar refractivity (Wildman–Crippen MR) is 163 cm³/mol. The summed E-state index contributed by atoms with van der Waals surface area (Å²) >= 11 is 0. The molecule has 3 unspecified atom stereocenters. The summed E-state index contributed by atoms with van der Waals surface area (Å²) < 4.78 is 13.1. The van der Waals surface area contributed by atoms with Crippen molar-refractivity contribution in [2.45, 2.75) is 103 Å². The van der Waals surface area contributed by atoms with Crippen molar-refractivity contribution in [3.63, 3.8) is 0 Å². The minimum absolute atomic E-state index is 0.0169. The predicted octanol–water partition coefficient (Wildman–Crippen LogP) is 5.30. The highest BCUT2D eigenvalue weighted by atomic mass is 16.7. The monoisotopic (exact) mass is 579 g/mol. The lowest BCUT2D eigenvalue weighted by Crippen LogP contribution is -2.40. The molecule has 4 rings (SSSR count). The molecular weight excluding hydrogens is 530 g/mol. The average Bonchev–Trinajstić information content (AvgIpc) is 2.99. The number of aliphatic hydroxyl groups is 1. The SMILES string of the molecule is CC(=O)NCCCCCC(=O)NCc1ccc(C2OC(CN3CCCCCCC3)CC(c3ccc(CO)cc3)O2)cc1. The van der Waals surface area contributed by atoms with E-state index in [9.17, 15) is 14.7 Å². The van der Waals surface area contributed by atoms with Gasteiger partial charge in [-0.15, -0.1) is 0 Å². The number of nitrogens with one attached hydrogen (secondary N) is 2. The van der Waals surface area contributed by atoms with E-state index < -0.39 is 6.29 Å². The Hall–Kier alpha value is -2.78. The van der Waals surface area contributed by atoms with Gasteiger partial charge in [-0.3, -0.25) is 9.59 Å². The normalized spacial score (nSPS) is 21.7. The Morgan fingerprint density at radius 1 is 0.833 bits per heavy atom.